The molecule has 2 N–H and O–H groups in total. The van der Waals surface area contributed by atoms with E-state index in [-0.39, 0.29) is 0 Å². The van der Waals surface area contributed by atoms with E-state index in [1.165, 1.54) is 14.2 Å². The van der Waals surface area contributed by atoms with Gasteiger partial charge in [0.25, 0.3) is 0 Å². The molecule has 0 aliphatic carbocycles. The molecule has 1 rings (SSSR count). The van der Waals surface area contributed by atoms with Gasteiger partial charge in [-0.05, 0) is 40.4 Å². The van der Waals surface area contributed by atoms with E-state index in [0.717, 1.165) is 6.54 Å². The van der Waals surface area contributed by atoms with Crippen LogP contribution in [0.1, 0.15) is 30.2 Å². The quantitative estimate of drug-likeness (QED) is 0.886. The van der Waals surface area contributed by atoms with Gasteiger partial charge in [-0.15, -0.1) is 11.3 Å². The largest absolute Gasteiger partial charge is 0.330 e. The van der Waals surface area contributed by atoms with E-state index in [4.69, 9.17) is 5.73 Å². The molecule has 0 radical (unpaired) electrons. The fourth-order valence-electron chi connectivity index (χ4n) is 1.51. The van der Waals surface area contributed by atoms with Crippen molar-refractivity contribution < 1.29 is 0 Å². The molecule has 0 bridgehead atoms. The molecule has 74 valence electrons. The van der Waals surface area contributed by atoms with Crippen molar-refractivity contribution in [2.24, 2.45) is 11.7 Å². The Hall–Kier alpha value is 0.140. The van der Waals surface area contributed by atoms with Crippen LogP contribution in [0.2, 0.25) is 0 Å². The van der Waals surface area contributed by atoms with Gasteiger partial charge in [-0.25, -0.2) is 0 Å². The molecular weight excluding hydrogens is 246 g/mol. The summed E-state index contributed by atoms with van der Waals surface area (Å²) in [6.07, 6.45) is 0. The van der Waals surface area contributed by atoms with Gasteiger partial charge in [-0.3, -0.25) is 0 Å². The molecule has 1 aromatic rings. The minimum atomic E-state index is 0.510. The van der Waals surface area contributed by atoms with Crippen molar-refractivity contribution in [1.82, 2.24) is 0 Å². The number of nitrogens with two attached hydrogens (primary N) is 1. The van der Waals surface area contributed by atoms with Crippen LogP contribution in [0.5, 0.6) is 0 Å². The molecule has 0 aliphatic heterocycles. The van der Waals surface area contributed by atoms with Gasteiger partial charge in [0.2, 0.25) is 0 Å². The molecule has 3 heteroatoms. The summed E-state index contributed by atoms with van der Waals surface area (Å²) >= 11 is 5.32. The predicted octanol–water partition coefficient (Wildman–Crippen LogP) is 3.52. The van der Waals surface area contributed by atoms with Gasteiger partial charge in [0, 0.05) is 17.3 Å². The Bertz CT molecular complexity index is 280. The van der Waals surface area contributed by atoms with Crippen molar-refractivity contribution in [3.8, 4) is 0 Å². The Labute approximate surface area is 92.5 Å². The van der Waals surface area contributed by atoms with Crippen LogP contribution in [0.3, 0.4) is 0 Å². The predicted molar refractivity (Wildman–Crippen MR) is 63.4 cm³/mol. The first-order valence-electron chi connectivity index (χ1n) is 4.52. The lowest BCUT2D eigenvalue weighted by Crippen LogP contribution is -2.17. The summed E-state index contributed by atoms with van der Waals surface area (Å²) in [5.74, 6) is 1.13. The lowest BCUT2D eigenvalue weighted by molar-refractivity contribution is 0.511. The molecule has 0 fully saturated rings. The molecule has 0 amide bonds. The zero-order valence-corrected chi connectivity index (χ0v) is 10.7. The Kier molecular flexibility index (Phi) is 3.95. The van der Waals surface area contributed by atoms with Crippen molar-refractivity contribution >= 4 is 27.3 Å². The van der Waals surface area contributed by atoms with Crippen molar-refractivity contribution in [2.75, 3.05) is 6.54 Å². The lowest BCUT2D eigenvalue weighted by Gasteiger charge is -2.18. The maximum atomic E-state index is 5.78. The number of hydrogen-bond acceptors (Lipinski definition) is 2. The van der Waals surface area contributed by atoms with Gasteiger partial charge in [0.15, 0.2) is 0 Å². The normalized spacial score (nSPS) is 13.7. The first kappa shape index (κ1) is 11.2. The van der Waals surface area contributed by atoms with Crippen molar-refractivity contribution in [1.29, 1.82) is 0 Å². The summed E-state index contributed by atoms with van der Waals surface area (Å²) in [5.41, 5.74) is 7.14. The topological polar surface area (TPSA) is 26.0 Å². The molecule has 0 spiro atoms. The van der Waals surface area contributed by atoms with Crippen LogP contribution >= 0.6 is 27.3 Å². The standard InChI is InChI=1S/C10H16BrNS/c1-6(2)8(5-12)10-7(3)4-9(11)13-10/h4,6,8H,5,12H2,1-3H3. The monoisotopic (exact) mass is 261 g/mol. The zero-order chi connectivity index (χ0) is 10.0. The maximum absolute atomic E-state index is 5.78. The Morgan fingerprint density at radius 2 is 2.15 bits per heavy atom. The van der Waals surface area contributed by atoms with Gasteiger partial charge in [0.1, 0.15) is 0 Å². The van der Waals surface area contributed by atoms with E-state index >= 15 is 0 Å². The number of aryl methyl sites for hydroxylation is 1. The van der Waals surface area contributed by atoms with E-state index < -0.39 is 0 Å². The lowest BCUT2D eigenvalue weighted by atomic mass is 9.93. The summed E-state index contributed by atoms with van der Waals surface area (Å²) in [6, 6.07) is 2.17. The zero-order valence-electron chi connectivity index (χ0n) is 8.30. The average Bonchev–Trinajstić information content (AvgIpc) is 2.31. The van der Waals surface area contributed by atoms with Gasteiger partial charge < -0.3 is 5.73 Å². The summed E-state index contributed by atoms with van der Waals surface area (Å²) < 4.78 is 1.21. The van der Waals surface area contributed by atoms with Crippen LogP contribution in [0.15, 0.2) is 9.85 Å². The third-order valence-electron chi connectivity index (χ3n) is 2.32. The fraction of sp³-hybridized carbons (Fsp3) is 0.600. The third kappa shape index (κ3) is 2.55. The highest BCUT2D eigenvalue weighted by Gasteiger charge is 2.18. The molecule has 0 saturated carbocycles. The van der Waals surface area contributed by atoms with Gasteiger partial charge in [-0.2, -0.15) is 0 Å². The highest BCUT2D eigenvalue weighted by atomic mass is 79.9. The number of hydrogen-bond donors (Lipinski definition) is 1. The SMILES string of the molecule is Cc1cc(Br)sc1C(CN)C(C)C. The molecule has 0 saturated heterocycles. The number of rotatable bonds is 3. The Balaban J connectivity index is 2.97. The van der Waals surface area contributed by atoms with Gasteiger partial charge >= 0.3 is 0 Å². The molecule has 1 nitrogen and oxygen atoms in total. The highest BCUT2D eigenvalue weighted by Crippen LogP contribution is 2.35. The maximum Gasteiger partial charge on any atom is 0.0704 e. The Morgan fingerprint density at radius 3 is 2.46 bits per heavy atom. The third-order valence-corrected chi connectivity index (χ3v) is 4.19. The molecule has 1 heterocycles. The van der Waals surface area contributed by atoms with Crippen LogP contribution in [0, 0.1) is 12.8 Å². The number of halogens is 1. The molecule has 1 atom stereocenters. The second-order valence-corrected chi connectivity index (χ2v) is 6.15. The highest BCUT2D eigenvalue weighted by molar-refractivity contribution is 9.11. The van der Waals surface area contributed by atoms with Crippen LogP contribution in [0.25, 0.3) is 0 Å². The summed E-state index contributed by atoms with van der Waals surface area (Å²) in [7, 11) is 0. The van der Waals surface area contributed by atoms with Crippen molar-refractivity contribution in [2.45, 2.75) is 26.7 Å². The molecule has 0 aliphatic rings. The second-order valence-electron chi connectivity index (χ2n) is 3.68. The van der Waals surface area contributed by atoms with Crippen molar-refractivity contribution in [3.05, 3.63) is 20.3 Å². The van der Waals surface area contributed by atoms with E-state index in [9.17, 15) is 0 Å². The van der Waals surface area contributed by atoms with Crippen LogP contribution in [-0.2, 0) is 0 Å². The fourth-order valence-corrected chi connectivity index (χ4v) is 3.56. The van der Waals surface area contributed by atoms with E-state index in [1.807, 2.05) is 11.3 Å². The molecule has 1 aromatic heterocycles. The minimum Gasteiger partial charge on any atom is -0.330 e. The van der Waals surface area contributed by atoms with Gasteiger partial charge in [-0.1, -0.05) is 13.8 Å². The smallest absolute Gasteiger partial charge is 0.0704 e. The summed E-state index contributed by atoms with van der Waals surface area (Å²) in [5, 5.41) is 0. The van der Waals surface area contributed by atoms with E-state index in [1.54, 1.807) is 0 Å². The van der Waals surface area contributed by atoms with Crippen molar-refractivity contribution in [3.63, 3.8) is 0 Å². The molecular formula is C10H16BrNS. The van der Waals surface area contributed by atoms with Crippen LogP contribution in [-0.4, -0.2) is 6.54 Å². The van der Waals surface area contributed by atoms with E-state index in [0.29, 0.717) is 11.8 Å². The molecule has 13 heavy (non-hydrogen) atoms. The first-order valence-corrected chi connectivity index (χ1v) is 6.13. The minimum absolute atomic E-state index is 0.510. The molecule has 1 unspecified atom stereocenters. The summed E-state index contributed by atoms with van der Waals surface area (Å²) in [4.78, 5) is 1.43. The average molecular weight is 262 g/mol. The van der Waals surface area contributed by atoms with Gasteiger partial charge in [0.05, 0.1) is 3.79 Å². The molecule has 0 aromatic carbocycles. The first-order chi connectivity index (χ1) is 6.06. The van der Waals surface area contributed by atoms with Crippen LogP contribution < -0.4 is 5.73 Å². The Morgan fingerprint density at radius 1 is 1.54 bits per heavy atom. The van der Waals surface area contributed by atoms with Crippen LogP contribution in [0.4, 0.5) is 0 Å². The number of thiophene rings is 1. The van der Waals surface area contributed by atoms with E-state index in [2.05, 4.69) is 42.8 Å². The summed E-state index contributed by atoms with van der Waals surface area (Å²) in [6.45, 7) is 7.35. The second kappa shape index (κ2) is 4.58.